The van der Waals surface area contributed by atoms with E-state index in [1.807, 2.05) is 13.8 Å². The van der Waals surface area contributed by atoms with Gasteiger partial charge in [-0.3, -0.25) is 9.59 Å². The van der Waals surface area contributed by atoms with E-state index in [4.69, 9.17) is 0 Å². The summed E-state index contributed by atoms with van der Waals surface area (Å²) in [5, 5.41) is 14.7. The van der Waals surface area contributed by atoms with Gasteiger partial charge in [0.1, 0.15) is 0 Å². The van der Waals surface area contributed by atoms with Gasteiger partial charge in [-0.05, 0) is 19.8 Å². The maximum Gasteiger partial charge on any atom is 0.317 e. The number of hydrogen-bond donors (Lipinski definition) is 3. The van der Waals surface area contributed by atoms with Crippen LogP contribution >= 0.6 is 0 Å². The molecule has 0 aliphatic carbocycles. The van der Waals surface area contributed by atoms with Crippen molar-refractivity contribution in [1.29, 1.82) is 0 Å². The number of amides is 3. The van der Waals surface area contributed by atoms with E-state index >= 15 is 0 Å². The summed E-state index contributed by atoms with van der Waals surface area (Å²) in [4.78, 5) is 36.2. The summed E-state index contributed by atoms with van der Waals surface area (Å²) in [6.45, 7) is 5.29. The van der Waals surface area contributed by atoms with E-state index in [0.717, 1.165) is 6.42 Å². The average Bonchev–Trinajstić information content (AvgIpc) is 2.85. The van der Waals surface area contributed by atoms with E-state index in [9.17, 15) is 19.5 Å². The summed E-state index contributed by atoms with van der Waals surface area (Å²) in [6, 6.07) is -0.293. The van der Waals surface area contributed by atoms with Gasteiger partial charge in [0.25, 0.3) is 0 Å². The predicted octanol–water partition coefficient (Wildman–Crippen LogP) is 0.799. The lowest BCUT2D eigenvalue weighted by Gasteiger charge is -2.24. The lowest BCUT2D eigenvalue weighted by molar-refractivity contribution is -0.148. The van der Waals surface area contributed by atoms with Crippen molar-refractivity contribution in [2.75, 3.05) is 26.2 Å². The minimum atomic E-state index is -0.832. The third kappa shape index (κ3) is 4.61. The highest BCUT2D eigenvalue weighted by Gasteiger charge is 2.45. The van der Waals surface area contributed by atoms with Crippen molar-refractivity contribution in [1.82, 2.24) is 15.5 Å². The smallest absolute Gasteiger partial charge is 0.317 e. The standard InChI is InChI=1S/C14H25N3O4/c1-3-6-14(12(19)20)7-9-17(10-14)13(21)16-8-5-11(18)15-4-2/h3-10H2,1-2H3,(H,15,18)(H,16,21)(H,19,20). The van der Waals surface area contributed by atoms with E-state index < -0.39 is 11.4 Å². The van der Waals surface area contributed by atoms with E-state index in [1.54, 1.807) is 0 Å². The summed E-state index contributed by atoms with van der Waals surface area (Å²) in [7, 11) is 0. The Kier molecular flexibility index (Phi) is 6.45. The Morgan fingerprint density at radius 2 is 1.95 bits per heavy atom. The number of carboxylic acid groups (broad SMARTS) is 1. The first-order valence-corrected chi connectivity index (χ1v) is 7.48. The molecule has 3 amide bonds. The van der Waals surface area contributed by atoms with E-state index in [1.165, 1.54) is 4.90 Å². The molecule has 7 nitrogen and oxygen atoms in total. The maximum absolute atomic E-state index is 12.0. The van der Waals surface area contributed by atoms with Crippen molar-refractivity contribution in [3.63, 3.8) is 0 Å². The molecule has 21 heavy (non-hydrogen) atoms. The zero-order chi connectivity index (χ0) is 15.9. The Morgan fingerprint density at radius 3 is 2.52 bits per heavy atom. The second-order valence-electron chi connectivity index (χ2n) is 5.44. The first-order valence-electron chi connectivity index (χ1n) is 7.48. The van der Waals surface area contributed by atoms with Gasteiger partial charge in [-0.1, -0.05) is 13.3 Å². The highest BCUT2D eigenvalue weighted by atomic mass is 16.4. The number of carbonyl (C=O) groups excluding carboxylic acids is 2. The summed E-state index contributed by atoms with van der Waals surface area (Å²) in [5.74, 6) is -0.938. The van der Waals surface area contributed by atoms with Gasteiger partial charge in [0, 0.05) is 32.6 Å². The molecule has 0 saturated carbocycles. The van der Waals surface area contributed by atoms with Crippen LogP contribution in [0.2, 0.25) is 0 Å². The predicted molar refractivity (Wildman–Crippen MR) is 77.9 cm³/mol. The van der Waals surface area contributed by atoms with Gasteiger partial charge >= 0.3 is 12.0 Å². The molecule has 1 unspecified atom stereocenters. The Balaban J connectivity index is 2.43. The van der Waals surface area contributed by atoms with Crippen LogP contribution in [0.15, 0.2) is 0 Å². The minimum absolute atomic E-state index is 0.106. The molecule has 1 fully saturated rings. The minimum Gasteiger partial charge on any atom is -0.481 e. The van der Waals surface area contributed by atoms with Gasteiger partial charge < -0.3 is 20.6 Å². The number of rotatable bonds is 7. The number of hydrogen-bond acceptors (Lipinski definition) is 3. The van der Waals surface area contributed by atoms with Crippen LogP contribution in [-0.4, -0.2) is 54.1 Å². The zero-order valence-electron chi connectivity index (χ0n) is 12.8. The highest BCUT2D eigenvalue weighted by molar-refractivity contribution is 5.80. The summed E-state index contributed by atoms with van der Waals surface area (Å²) < 4.78 is 0. The molecule has 0 spiro atoms. The van der Waals surface area contributed by atoms with Crippen molar-refractivity contribution in [3.8, 4) is 0 Å². The maximum atomic E-state index is 12.0. The van der Waals surface area contributed by atoms with Crippen LogP contribution in [0.5, 0.6) is 0 Å². The molecule has 1 aliphatic rings. The molecule has 0 aromatic carbocycles. The fourth-order valence-corrected chi connectivity index (χ4v) is 2.69. The number of urea groups is 1. The third-order valence-corrected chi connectivity index (χ3v) is 3.83. The van der Waals surface area contributed by atoms with Gasteiger partial charge in [0.2, 0.25) is 5.91 Å². The van der Waals surface area contributed by atoms with Gasteiger partial charge in [-0.15, -0.1) is 0 Å². The van der Waals surface area contributed by atoms with Gasteiger partial charge in [-0.25, -0.2) is 4.79 Å². The molecule has 1 atom stereocenters. The number of carbonyl (C=O) groups is 3. The Bertz CT molecular complexity index is 400. The molecule has 0 radical (unpaired) electrons. The van der Waals surface area contributed by atoms with Crippen LogP contribution < -0.4 is 10.6 Å². The normalized spacial score (nSPS) is 21.1. The van der Waals surface area contributed by atoms with Crippen molar-refractivity contribution >= 4 is 17.9 Å². The molecule has 1 aliphatic heterocycles. The zero-order valence-corrected chi connectivity index (χ0v) is 12.8. The van der Waals surface area contributed by atoms with Gasteiger partial charge in [0.15, 0.2) is 0 Å². The van der Waals surface area contributed by atoms with Crippen molar-refractivity contribution < 1.29 is 19.5 Å². The fraction of sp³-hybridized carbons (Fsp3) is 0.786. The second kappa shape index (κ2) is 7.85. The number of nitrogens with zero attached hydrogens (tertiary/aromatic N) is 1. The molecule has 7 heteroatoms. The van der Waals surface area contributed by atoms with E-state index in [2.05, 4.69) is 10.6 Å². The highest BCUT2D eigenvalue weighted by Crippen LogP contribution is 2.35. The lowest BCUT2D eigenvalue weighted by Crippen LogP contribution is -2.42. The molecule has 0 bridgehead atoms. The molecule has 0 aromatic rings. The summed E-state index contributed by atoms with van der Waals surface area (Å²) in [5.41, 5.74) is -0.814. The van der Waals surface area contributed by atoms with Crippen LogP contribution in [0.3, 0.4) is 0 Å². The first-order chi connectivity index (χ1) is 9.95. The Labute approximate surface area is 125 Å². The van der Waals surface area contributed by atoms with Crippen LogP contribution in [-0.2, 0) is 9.59 Å². The Morgan fingerprint density at radius 1 is 1.24 bits per heavy atom. The quantitative estimate of drug-likeness (QED) is 0.647. The number of nitrogens with one attached hydrogen (secondary N) is 2. The molecule has 1 heterocycles. The SMILES string of the molecule is CCCC1(C(=O)O)CCN(C(=O)NCCC(=O)NCC)C1. The van der Waals surface area contributed by atoms with Gasteiger partial charge in [-0.2, -0.15) is 0 Å². The largest absolute Gasteiger partial charge is 0.481 e. The van der Waals surface area contributed by atoms with Crippen LogP contribution in [0.1, 0.15) is 39.5 Å². The molecular weight excluding hydrogens is 274 g/mol. The number of carboxylic acids is 1. The van der Waals surface area contributed by atoms with Gasteiger partial charge in [0.05, 0.1) is 5.41 Å². The lowest BCUT2D eigenvalue weighted by atomic mass is 9.83. The van der Waals surface area contributed by atoms with Crippen molar-refractivity contribution in [3.05, 3.63) is 0 Å². The van der Waals surface area contributed by atoms with E-state index in [-0.39, 0.29) is 31.4 Å². The molecular formula is C14H25N3O4. The van der Waals surface area contributed by atoms with E-state index in [0.29, 0.717) is 25.9 Å². The molecule has 120 valence electrons. The van der Waals surface area contributed by atoms with Crippen LogP contribution in [0.4, 0.5) is 4.79 Å². The van der Waals surface area contributed by atoms with Crippen molar-refractivity contribution in [2.45, 2.75) is 39.5 Å². The molecule has 1 saturated heterocycles. The Hall–Kier alpha value is -1.79. The van der Waals surface area contributed by atoms with Crippen LogP contribution in [0, 0.1) is 5.41 Å². The van der Waals surface area contributed by atoms with Crippen molar-refractivity contribution in [2.24, 2.45) is 5.41 Å². The van der Waals surface area contributed by atoms with Crippen LogP contribution in [0.25, 0.3) is 0 Å². The summed E-state index contributed by atoms with van der Waals surface area (Å²) >= 11 is 0. The fourth-order valence-electron chi connectivity index (χ4n) is 2.69. The third-order valence-electron chi connectivity index (χ3n) is 3.83. The molecule has 1 rings (SSSR count). The average molecular weight is 299 g/mol. The monoisotopic (exact) mass is 299 g/mol. The first kappa shape index (κ1) is 17.3. The number of aliphatic carboxylic acids is 1. The number of likely N-dealkylation sites (tertiary alicyclic amines) is 1. The summed E-state index contributed by atoms with van der Waals surface area (Å²) in [6.07, 6.45) is 2.07. The topological polar surface area (TPSA) is 98.7 Å². The molecule has 3 N–H and O–H groups in total. The second-order valence-corrected chi connectivity index (χ2v) is 5.44. The molecule has 0 aromatic heterocycles.